The summed E-state index contributed by atoms with van der Waals surface area (Å²) in [5.74, 6) is 0.149. The normalized spacial score (nSPS) is 23.8. The molecule has 3 rings (SSSR count). The number of benzene rings is 1. The number of amides is 1. The molecule has 0 aliphatic carbocycles. The average molecular weight is 418 g/mol. The third kappa shape index (κ3) is 6.61. The van der Waals surface area contributed by atoms with E-state index in [-0.39, 0.29) is 42.2 Å². The summed E-state index contributed by atoms with van der Waals surface area (Å²) in [5.41, 5.74) is 2.16. The van der Waals surface area contributed by atoms with E-state index in [4.69, 9.17) is 0 Å². The molecule has 0 spiro atoms. The average Bonchev–Trinajstić information content (AvgIpc) is 2.63. The van der Waals surface area contributed by atoms with Gasteiger partial charge in [-0.3, -0.25) is 9.69 Å². The summed E-state index contributed by atoms with van der Waals surface area (Å²) in [5, 5.41) is 16.2. The topological polar surface area (TPSA) is 64.6 Å². The summed E-state index contributed by atoms with van der Waals surface area (Å²) >= 11 is 0. The Hall–Kier alpha value is -0.850. The van der Waals surface area contributed by atoms with Crippen LogP contribution in [0.4, 0.5) is 0 Å². The van der Waals surface area contributed by atoms with E-state index in [1.165, 1.54) is 11.1 Å². The van der Waals surface area contributed by atoms with Gasteiger partial charge < -0.3 is 15.7 Å². The van der Waals surface area contributed by atoms with Crippen molar-refractivity contribution in [2.75, 3.05) is 26.2 Å². The molecule has 1 aromatic carbocycles. The van der Waals surface area contributed by atoms with Gasteiger partial charge in [0.2, 0.25) is 5.91 Å². The van der Waals surface area contributed by atoms with Crippen molar-refractivity contribution in [1.82, 2.24) is 15.5 Å². The zero-order valence-corrected chi connectivity index (χ0v) is 17.7. The van der Waals surface area contributed by atoms with Crippen LogP contribution < -0.4 is 10.6 Å². The lowest BCUT2D eigenvalue weighted by Crippen LogP contribution is -2.48. The van der Waals surface area contributed by atoms with Gasteiger partial charge in [-0.05, 0) is 50.3 Å². The number of hydrogen-bond acceptors (Lipinski definition) is 4. The van der Waals surface area contributed by atoms with Gasteiger partial charge in [-0.25, -0.2) is 0 Å². The minimum Gasteiger partial charge on any atom is -0.393 e. The van der Waals surface area contributed by atoms with Gasteiger partial charge >= 0.3 is 0 Å². The third-order valence-electron chi connectivity index (χ3n) is 5.65. The molecule has 0 saturated carbocycles. The van der Waals surface area contributed by atoms with Crippen molar-refractivity contribution >= 4 is 30.7 Å². The van der Waals surface area contributed by atoms with Gasteiger partial charge in [0.1, 0.15) is 0 Å². The number of aliphatic hydroxyl groups excluding tert-OH is 1. The fourth-order valence-electron chi connectivity index (χ4n) is 3.84. The number of carbonyl (C=O) groups is 1. The number of likely N-dealkylation sites (tertiary alicyclic amines) is 1. The molecule has 2 aliphatic heterocycles. The lowest BCUT2D eigenvalue weighted by molar-refractivity contribution is -0.131. The Morgan fingerprint density at radius 3 is 2.56 bits per heavy atom. The first-order valence-corrected chi connectivity index (χ1v) is 9.53. The van der Waals surface area contributed by atoms with E-state index in [1.807, 2.05) is 6.07 Å². The number of piperidine rings is 2. The molecule has 154 valence electrons. The summed E-state index contributed by atoms with van der Waals surface area (Å²) in [6, 6.07) is 8.35. The zero-order chi connectivity index (χ0) is 17.7. The molecule has 2 heterocycles. The maximum absolute atomic E-state index is 12.6. The first-order chi connectivity index (χ1) is 12.1. The lowest BCUT2D eigenvalue weighted by Gasteiger charge is -2.33. The molecule has 0 aromatic heterocycles. The van der Waals surface area contributed by atoms with E-state index in [9.17, 15) is 9.90 Å². The summed E-state index contributed by atoms with van der Waals surface area (Å²) in [4.78, 5) is 15.0. The lowest BCUT2D eigenvalue weighted by atomic mass is 9.82. The van der Waals surface area contributed by atoms with Crippen LogP contribution in [0.15, 0.2) is 24.3 Å². The van der Waals surface area contributed by atoms with Crippen LogP contribution in [0.25, 0.3) is 0 Å². The maximum atomic E-state index is 12.6. The Labute approximate surface area is 175 Å². The molecular weight excluding hydrogens is 385 g/mol. The van der Waals surface area contributed by atoms with Crippen molar-refractivity contribution in [3.05, 3.63) is 35.4 Å². The van der Waals surface area contributed by atoms with E-state index in [0.717, 1.165) is 58.4 Å². The van der Waals surface area contributed by atoms with Crippen molar-refractivity contribution in [3.63, 3.8) is 0 Å². The van der Waals surface area contributed by atoms with Crippen LogP contribution in [-0.2, 0) is 17.9 Å². The molecule has 2 saturated heterocycles. The van der Waals surface area contributed by atoms with E-state index >= 15 is 0 Å². The highest BCUT2D eigenvalue weighted by Crippen LogP contribution is 2.26. The van der Waals surface area contributed by atoms with E-state index in [1.54, 1.807) is 0 Å². The Balaban J connectivity index is 0.00000182. The number of nitrogens with one attached hydrogen (secondary N) is 2. The molecule has 1 amide bonds. The molecule has 7 heteroatoms. The van der Waals surface area contributed by atoms with Crippen LogP contribution in [0.2, 0.25) is 0 Å². The molecule has 2 aliphatic rings. The molecule has 27 heavy (non-hydrogen) atoms. The van der Waals surface area contributed by atoms with Crippen molar-refractivity contribution in [1.29, 1.82) is 0 Å². The smallest absolute Gasteiger partial charge is 0.227 e. The van der Waals surface area contributed by atoms with Gasteiger partial charge in [0.15, 0.2) is 0 Å². The summed E-state index contributed by atoms with van der Waals surface area (Å²) in [6.07, 6.45) is 3.56. The molecule has 0 bridgehead atoms. The second-order valence-corrected chi connectivity index (χ2v) is 7.80. The van der Waals surface area contributed by atoms with Crippen LogP contribution in [0, 0.1) is 5.41 Å². The second-order valence-electron chi connectivity index (χ2n) is 7.80. The monoisotopic (exact) mass is 417 g/mol. The van der Waals surface area contributed by atoms with Crippen LogP contribution >= 0.6 is 24.8 Å². The van der Waals surface area contributed by atoms with Gasteiger partial charge in [0.25, 0.3) is 0 Å². The molecule has 1 unspecified atom stereocenters. The standard InChI is InChI=1S/C20H31N3O2.2ClH/c1-20(9-4-10-21-15-20)19(25)22-13-16-5-2-3-6-17(16)14-23-11-7-18(24)8-12-23;;/h2-3,5-6,18,21,24H,4,7-15H2,1H3,(H,22,25);2*1H. The Bertz CT molecular complexity index is 586. The van der Waals surface area contributed by atoms with Gasteiger partial charge in [-0.2, -0.15) is 0 Å². The number of carbonyl (C=O) groups excluding carboxylic acids is 1. The van der Waals surface area contributed by atoms with Gasteiger partial charge in [-0.1, -0.05) is 24.3 Å². The number of hydrogen-bond donors (Lipinski definition) is 3. The predicted octanol–water partition coefficient (Wildman–Crippen LogP) is 2.49. The largest absolute Gasteiger partial charge is 0.393 e. The number of rotatable bonds is 5. The quantitative estimate of drug-likeness (QED) is 0.688. The molecule has 1 aromatic rings. The third-order valence-corrected chi connectivity index (χ3v) is 5.65. The first kappa shape index (κ1) is 24.2. The highest BCUT2D eigenvalue weighted by molar-refractivity contribution is 5.85. The maximum Gasteiger partial charge on any atom is 0.227 e. The van der Waals surface area contributed by atoms with Crippen molar-refractivity contribution in [3.8, 4) is 0 Å². The fraction of sp³-hybridized carbons (Fsp3) is 0.650. The van der Waals surface area contributed by atoms with Gasteiger partial charge in [0, 0.05) is 32.7 Å². The summed E-state index contributed by atoms with van der Waals surface area (Å²) in [7, 11) is 0. The van der Waals surface area contributed by atoms with Gasteiger partial charge in [0.05, 0.1) is 11.5 Å². The van der Waals surface area contributed by atoms with Crippen molar-refractivity contribution in [2.24, 2.45) is 5.41 Å². The van der Waals surface area contributed by atoms with Crippen molar-refractivity contribution < 1.29 is 9.90 Å². The van der Waals surface area contributed by atoms with E-state index < -0.39 is 0 Å². The summed E-state index contributed by atoms with van der Waals surface area (Å²) in [6.45, 7) is 7.17. The summed E-state index contributed by atoms with van der Waals surface area (Å²) < 4.78 is 0. The molecule has 5 nitrogen and oxygen atoms in total. The van der Waals surface area contributed by atoms with Crippen LogP contribution in [0.3, 0.4) is 0 Å². The van der Waals surface area contributed by atoms with E-state index in [2.05, 4.69) is 40.7 Å². The van der Waals surface area contributed by atoms with Crippen LogP contribution in [0.5, 0.6) is 0 Å². The molecule has 2 fully saturated rings. The Morgan fingerprint density at radius 1 is 1.26 bits per heavy atom. The molecular formula is C20H33Cl2N3O2. The van der Waals surface area contributed by atoms with E-state index in [0.29, 0.717) is 6.54 Å². The number of halogens is 2. The number of nitrogens with zero attached hydrogens (tertiary/aromatic N) is 1. The SMILES string of the molecule is CC1(C(=O)NCc2ccccc2CN2CCC(O)CC2)CCCNC1.Cl.Cl. The highest BCUT2D eigenvalue weighted by atomic mass is 35.5. The van der Waals surface area contributed by atoms with Gasteiger partial charge in [-0.15, -0.1) is 24.8 Å². The predicted molar refractivity (Wildman–Crippen MR) is 114 cm³/mol. The number of aliphatic hydroxyl groups is 1. The second kappa shape index (κ2) is 11.2. The van der Waals surface area contributed by atoms with Crippen LogP contribution in [-0.4, -0.2) is 48.2 Å². The Kier molecular flexibility index (Phi) is 10.1. The molecule has 0 radical (unpaired) electrons. The first-order valence-electron chi connectivity index (χ1n) is 9.53. The fourth-order valence-corrected chi connectivity index (χ4v) is 3.84. The Morgan fingerprint density at radius 2 is 1.93 bits per heavy atom. The highest BCUT2D eigenvalue weighted by Gasteiger charge is 2.34. The van der Waals surface area contributed by atoms with Crippen molar-refractivity contribution in [2.45, 2.75) is 51.8 Å². The minimum atomic E-state index is -0.295. The van der Waals surface area contributed by atoms with Crippen LogP contribution in [0.1, 0.15) is 43.7 Å². The zero-order valence-electron chi connectivity index (χ0n) is 16.1. The molecule has 3 N–H and O–H groups in total. The molecule has 1 atom stereocenters. The minimum absolute atomic E-state index is 0.